The minimum atomic E-state index is -3.56. The molecule has 0 spiro atoms. The van der Waals surface area contributed by atoms with Gasteiger partial charge in [-0.05, 0) is 79.4 Å². The van der Waals surface area contributed by atoms with Crippen LogP contribution in [0.25, 0.3) is 0 Å². The highest BCUT2D eigenvalue weighted by Crippen LogP contribution is 2.70. The van der Waals surface area contributed by atoms with Crippen LogP contribution in [0.15, 0.2) is 153 Å². The van der Waals surface area contributed by atoms with Gasteiger partial charge in [-0.2, -0.15) is 0 Å². The predicted octanol–water partition coefficient (Wildman–Crippen LogP) is 11.8. The SMILES string of the molecule is c1ccc(OP2(Oc3ccccc3)=NP(Oc3ccccc3)(Oc3ccccc3Oc3ccccc3CCCCOCC3CO3)=NP=N2)cc1. The molecule has 7 rings (SSSR count). The zero-order chi connectivity index (χ0) is 33.9. The van der Waals surface area contributed by atoms with Crippen molar-refractivity contribution in [3.63, 3.8) is 0 Å². The monoisotopic (exact) mass is 727 g/mol. The highest BCUT2D eigenvalue weighted by molar-refractivity contribution is 7.73. The van der Waals surface area contributed by atoms with Gasteiger partial charge in [0.25, 0.3) is 0 Å². The van der Waals surface area contributed by atoms with E-state index in [0.29, 0.717) is 50.5 Å². The van der Waals surface area contributed by atoms with Gasteiger partial charge < -0.3 is 32.3 Å². The summed E-state index contributed by atoms with van der Waals surface area (Å²) in [5.41, 5.74) is 1.08. The lowest BCUT2D eigenvalue weighted by atomic mass is 10.1. The molecule has 50 heavy (non-hydrogen) atoms. The van der Waals surface area contributed by atoms with E-state index < -0.39 is 15.3 Å². The van der Waals surface area contributed by atoms with Gasteiger partial charge in [0, 0.05) is 6.61 Å². The number of nitrogens with zero attached hydrogens (tertiary/aromatic N) is 3. The number of epoxide rings is 1. The van der Waals surface area contributed by atoms with Crippen molar-refractivity contribution >= 4 is 23.8 Å². The van der Waals surface area contributed by atoms with Gasteiger partial charge in [-0.25, -0.2) is 0 Å². The standard InChI is InChI=1S/C37H36N3O7P3/c1-4-18-31(19-5-1)44-49(45-32-20-6-2-7-21-32)38-48-39-50(40-49,46-33-22-8-3-9-23-33)47-37-26-13-12-25-36(37)43-35-24-11-10-16-30(35)17-14-15-27-41-28-34-29-42-34/h1-13,16,18-26,34H,14-15,17,27-29H2. The fraction of sp³-hybridized carbons (Fsp3) is 0.189. The highest BCUT2D eigenvalue weighted by Gasteiger charge is 2.40. The van der Waals surface area contributed by atoms with Crippen LogP contribution >= 0.6 is 23.8 Å². The smallest absolute Gasteiger partial charge is 0.453 e. The highest BCUT2D eigenvalue weighted by atomic mass is 31.3. The average molecular weight is 728 g/mol. The van der Waals surface area contributed by atoms with Crippen molar-refractivity contribution in [1.29, 1.82) is 0 Å². The van der Waals surface area contributed by atoms with E-state index in [0.717, 1.165) is 37.2 Å². The molecule has 1 fully saturated rings. The van der Waals surface area contributed by atoms with E-state index in [1.165, 1.54) is 0 Å². The number of hydrogen-bond donors (Lipinski definition) is 0. The lowest BCUT2D eigenvalue weighted by molar-refractivity contribution is 0.113. The van der Waals surface area contributed by atoms with Crippen molar-refractivity contribution in [2.75, 3.05) is 19.8 Å². The normalized spacial score (nSPS) is 18.9. The fourth-order valence-corrected chi connectivity index (χ4v) is 11.1. The summed E-state index contributed by atoms with van der Waals surface area (Å²) in [4.78, 5) is 0. The zero-order valence-corrected chi connectivity index (χ0v) is 29.8. The molecule has 2 unspecified atom stereocenters. The molecule has 2 atom stereocenters. The van der Waals surface area contributed by atoms with Crippen LogP contribution in [0.3, 0.4) is 0 Å². The third-order valence-corrected chi connectivity index (χ3v) is 13.4. The Hall–Kier alpha value is -4.42. The van der Waals surface area contributed by atoms with Crippen molar-refractivity contribution in [2.45, 2.75) is 25.4 Å². The molecule has 2 aliphatic rings. The second kappa shape index (κ2) is 16.5. The van der Waals surface area contributed by atoms with E-state index in [1.54, 1.807) is 0 Å². The minimum Gasteiger partial charge on any atom is -0.453 e. The maximum Gasteiger partial charge on any atom is 0.460 e. The number of benzene rings is 5. The summed E-state index contributed by atoms with van der Waals surface area (Å²) in [6.07, 6.45) is 3.01. The summed E-state index contributed by atoms with van der Waals surface area (Å²) in [7, 11) is -6.72. The Morgan fingerprint density at radius 1 is 0.600 bits per heavy atom. The number of ether oxygens (including phenoxy) is 3. The fourth-order valence-electron chi connectivity index (χ4n) is 4.90. The molecular formula is C37H36N3O7P3. The first-order valence-electron chi connectivity index (χ1n) is 16.3. The van der Waals surface area contributed by atoms with Crippen molar-refractivity contribution in [1.82, 2.24) is 0 Å². The largest absolute Gasteiger partial charge is 0.460 e. The van der Waals surface area contributed by atoms with Gasteiger partial charge in [-0.3, -0.25) is 0 Å². The maximum absolute atomic E-state index is 6.78. The van der Waals surface area contributed by atoms with E-state index in [9.17, 15) is 0 Å². The van der Waals surface area contributed by atoms with E-state index in [-0.39, 0.29) is 6.10 Å². The Balaban J connectivity index is 1.20. The quantitative estimate of drug-likeness (QED) is 0.0533. The van der Waals surface area contributed by atoms with E-state index >= 15 is 0 Å². The Bertz CT molecular complexity index is 1950. The third kappa shape index (κ3) is 9.42. The zero-order valence-electron chi connectivity index (χ0n) is 27.1. The molecule has 0 aliphatic carbocycles. The van der Waals surface area contributed by atoms with Crippen LogP contribution in [0.1, 0.15) is 18.4 Å². The van der Waals surface area contributed by atoms with Gasteiger partial charge in [0.15, 0.2) is 20.0 Å². The van der Waals surface area contributed by atoms with Crippen LogP contribution < -0.4 is 22.8 Å². The number of rotatable bonds is 17. The molecule has 5 aromatic carbocycles. The van der Waals surface area contributed by atoms with E-state index in [4.69, 9.17) is 45.9 Å². The Labute approximate surface area is 293 Å². The molecule has 0 N–H and O–H groups in total. The lowest BCUT2D eigenvalue weighted by Gasteiger charge is -2.27. The summed E-state index contributed by atoms with van der Waals surface area (Å²) < 4.78 is 58.5. The van der Waals surface area contributed by atoms with Gasteiger partial charge in [-0.1, -0.05) is 89.4 Å². The summed E-state index contributed by atoms with van der Waals surface area (Å²) >= 11 is 0. The Morgan fingerprint density at radius 2 is 1.14 bits per heavy atom. The van der Waals surface area contributed by atoms with Crippen molar-refractivity contribution < 1.29 is 32.3 Å². The maximum atomic E-state index is 6.78. The van der Waals surface area contributed by atoms with Gasteiger partial charge >= 0.3 is 15.3 Å². The molecule has 0 aromatic heterocycles. The van der Waals surface area contributed by atoms with Crippen molar-refractivity contribution in [3.8, 4) is 34.5 Å². The predicted molar refractivity (Wildman–Crippen MR) is 196 cm³/mol. The molecule has 0 saturated carbocycles. The van der Waals surface area contributed by atoms with Gasteiger partial charge in [-0.15, -0.1) is 9.03 Å². The molecule has 10 nitrogen and oxygen atoms in total. The van der Waals surface area contributed by atoms with Crippen LogP contribution in [-0.2, 0) is 15.9 Å². The van der Waals surface area contributed by atoms with E-state index in [1.807, 2.05) is 133 Å². The molecular weight excluding hydrogens is 691 g/mol. The first-order valence-corrected chi connectivity index (χ1v) is 20.2. The Morgan fingerprint density at radius 3 is 1.76 bits per heavy atom. The molecule has 2 heterocycles. The molecule has 5 aromatic rings. The summed E-state index contributed by atoms with van der Waals surface area (Å²) in [6.45, 7) is 2.18. The second-order valence-electron chi connectivity index (χ2n) is 11.3. The molecule has 0 amide bonds. The van der Waals surface area contributed by atoms with E-state index in [2.05, 4.69) is 6.07 Å². The van der Waals surface area contributed by atoms with Crippen LogP contribution in [0.2, 0.25) is 0 Å². The first-order chi connectivity index (χ1) is 24.7. The molecule has 0 bridgehead atoms. The lowest BCUT2D eigenvalue weighted by Crippen LogP contribution is -2.06. The van der Waals surface area contributed by atoms with Crippen LogP contribution in [0.5, 0.6) is 34.5 Å². The van der Waals surface area contributed by atoms with Gasteiger partial charge in [0.2, 0.25) is 0 Å². The van der Waals surface area contributed by atoms with Crippen molar-refractivity contribution in [2.24, 2.45) is 13.5 Å². The molecule has 0 radical (unpaired) electrons. The number of para-hydroxylation sites is 6. The Kier molecular flexibility index (Phi) is 11.3. The van der Waals surface area contributed by atoms with Gasteiger partial charge in [0.05, 0.1) is 13.2 Å². The van der Waals surface area contributed by atoms with Crippen LogP contribution in [-0.4, -0.2) is 25.9 Å². The number of hydrogen-bond acceptors (Lipinski definition) is 10. The molecule has 1 saturated heterocycles. The minimum absolute atomic E-state index is 0.278. The first kappa shape index (κ1) is 34.0. The third-order valence-electron chi connectivity index (χ3n) is 7.38. The van der Waals surface area contributed by atoms with Crippen molar-refractivity contribution in [3.05, 3.63) is 145 Å². The number of aryl methyl sites for hydroxylation is 1. The van der Waals surface area contributed by atoms with Crippen LogP contribution in [0.4, 0.5) is 0 Å². The number of unbranched alkanes of at least 4 members (excludes halogenated alkanes) is 1. The molecule has 2 aliphatic heterocycles. The molecule has 256 valence electrons. The summed E-state index contributed by atoms with van der Waals surface area (Å²) in [6, 6.07) is 43.5. The summed E-state index contributed by atoms with van der Waals surface area (Å²) in [5.74, 6) is 3.25. The second-order valence-corrected chi connectivity index (χ2v) is 16.3. The van der Waals surface area contributed by atoms with Gasteiger partial charge in [0.1, 0.15) is 29.1 Å². The molecule has 13 heteroatoms. The topological polar surface area (TPSA) is 105 Å². The summed E-state index contributed by atoms with van der Waals surface area (Å²) in [5, 5.41) is 0. The van der Waals surface area contributed by atoms with Crippen LogP contribution in [0, 0.1) is 0 Å². The average Bonchev–Trinajstić information content (AvgIpc) is 3.97.